The smallest absolute Gasteiger partial charge is 0.550 e. The van der Waals surface area contributed by atoms with E-state index in [2.05, 4.69) is 27.7 Å². The molecule has 0 aromatic heterocycles. The minimum Gasteiger partial charge on any atom is -0.550 e. The Bertz CT molecular complexity index is 664. The van der Waals surface area contributed by atoms with Crippen molar-refractivity contribution >= 4 is 41.5 Å². The Labute approximate surface area is 364 Å². The van der Waals surface area contributed by atoms with Gasteiger partial charge in [0.05, 0.1) is 0 Å². The van der Waals surface area contributed by atoms with E-state index in [9.17, 15) is 39.6 Å². The van der Waals surface area contributed by atoms with E-state index in [1.165, 1.54) is 180 Å². The van der Waals surface area contributed by atoms with Gasteiger partial charge in [-0.25, -0.2) is 0 Å². The maximum atomic E-state index is 10.1. The zero-order valence-electron chi connectivity index (χ0n) is 38.1. The van der Waals surface area contributed by atoms with E-state index in [1.54, 1.807) is 0 Å². The van der Waals surface area contributed by atoms with E-state index in [1.807, 2.05) is 0 Å². The van der Waals surface area contributed by atoms with E-state index in [4.69, 9.17) is 0 Å². The molecule has 0 amide bonds. The average Bonchev–Trinajstić information content (AvgIpc) is 3.15. The van der Waals surface area contributed by atoms with Crippen LogP contribution in [0.1, 0.15) is 285 Å². The summed E-state index contributed by atoms with van der Waals surface area (Å²) in [7, 11) is 0. The number of hydrogen-bond acceptors (Lipinski definition) is 8. The maximum absolute atomic E-state index is 10.1. The third kappa shape index (κ3) is 83.1. The van der Waals surface area contributed by atoms with Gasteiger partial charge in [-0.15, -0.1) is 0 Å². The van der Waals surface area contributed by atoms with E-state index in [-0.39, 0.29) is 43.3 Å². The Hall–Kier alpha value is -1.58. The topological polar surface area (TPSA) is 161 Å². The van der Waals surface area contributed by atoms with Crippen LogP contribution in [0.2, 0.25) is 0 Å². The van der Waals surface area contributed by atoms with Crippen molar-refractivity contribution in [2.45, 2.75) is 285 Å². The molecule has 57 heavy (non-hydrogen) atoms. The van der Waals surface area contributed by atoms with E-state index >= 15 is 0 Å². The average molecular weight is 870 g/mol. The Balaban J connectivity index is -0.000000210. The van der Waals surface area contributed by atoms with Crippen LogP contribution in [-0.2, 0) is 19.2 Å². The summed E-state index contributed by atoms with van der Waals surface area (Å²) in [6.07, 6.45) is 44.7. The number of rotatable bonds is 40. The SMILES string of the molecule is CCCCCCCCCCCC(=O)[O-].CCCCCCCCCCCC(=O)[O-].CCCCCCCCCCCC(=O)[O-].CCCCCCCCCCCC(=O)[O-].[Ge+4]. The van der Waals surface area contributed by atoms with E-state index < -0.39 is 23.9 Å². The number of carboxylic acids is 4. The normalized spacial score (nSPS) is 10.2. The molecule has 336 valence electrons. The first kappa shape index (κ1) is 64.6. The van der Waals surface area contributed by atoms with Crippen molar-refractivity contribution in [1.82, 2.24) is 0 Å². The molecule has 0 aliphatic heterocycles. The molecule has 0 fully saturated rings. The molecule has 0 heterocycles. The van der Waals surface area contributed by atoms with Crippen LogP contribution in [0, 0.1) is 0 Å². The predicted octanol–water partition coefficient (Wildman–Crippen LogP) is 10.2. The molecule has 0 aliphatic carbocycles. The molecule has 0 unspecified atom stereocenters. The fourth-order valence-electron chi connectivity index (χ4n) is 6.32. The molecule has 0 saturated heterocycles. The standard InChI is InChI=1S/4C12H24O2.Ge/c4*1-2-3-4-5-6-7-8-9-10-11-12(13)14;/h4*2-11H2,1H3,(H,13,14);/q;;;;+4/p-4. The van der Waals surface area contributed by atoms with Crippen molar-refractivity contribution in [3.8, 4) is 0 Å². The summed E-state index contributed by atoms with van der Waals surface area (Å²) in [5.41, 5.74) is 0. The zero-order valence-corrected chi connectivity index (χ0v) is 40.1. The minimum atomic E-state index is -0.909. The van der Waals surface area contributed by atoms with E-state index in [0.717, 1.165) is 51.4 Å². The summed E-state index contributed by atoms with van der Waals surface area (Å²) in [6, 6.07) is 0. The molecule has 0 rings (SSSR count). The van der Waals surface area contributed by atoms with Crippen molar-refractivity contribution < 1.29 is 39.6 Å². The fraction of sp³-hybridized carbons (Fsp3) is 0.917. The van der Waals surface area contributed by atoms with Crippen LogP contribution < -0.4 is 20.4 Å². The molecule has 0 spiro atoms. The molecule has 0 aliphatic rings. The second-order valence-electron chi connectivity index (χ2n) is 15.8. The Morgan fingerprint density at radius 1 is 0.228 bits per heavy atom. The van der Waals surface area contributed by atoms with Gasteiger partial charge < -0.3 is 39.6 Å². The third-order valence-corrected chi connectivity index (χ3v) is 9.94. The quantitative estimate of drug-likeness (QED) is 0.0434. The summed E-state index contributed by atoms with van der Waals surface area (Å²) in [5.74, 6) is -3.64. The summed E-state index contributed by atoms with van der Waals surface area (Å²) in [4.78, 5) is 40.4. The molecule has 8 nitrogen and oxygen atoms in total. The molecule has 0 aromatic rings. The molecule has 0 radical (unpaired) electrons. The molecular formula is C48H92GeO8. The van der Waals surface area contributed by atoms with Gasteiger partial charge in [0.2, 0.25) is 0 Å². The van der Waals surface area contributed by atoms with Gasteiger partial charge in [-0.05, 0) is 51.4 Å². The summed E-state index contributed by atoms with van der Waals surface area (Å²) in [6.45, 7) is 8.89. The van der Waals surface area contributed by atoms with Crippen molar-refractivity contribution in [3.05, 3.63) is 0 Å². The van der Waals surface area contributed by atoms with Crippen LogP contribution >= 0.6 is 0 Å². The van der Waals surface area contributed by atoms with Crippen LogP contribution in [-0.4, -0.2) is 41.5 Å². The van der Waals surface area contributed by atoms with Crippen LogP contribution in [0.5, 0.6) is 0 Å². The van der Waals surface area contributed by atoms with Crippen molar-refractivity contribution in [1.29, 1.82) is 0 Å². The minimum absolute atomic E-state index is 0. The Morgan fingerprint density at radius 3 is 0.439 bits per heavy atom. The fourth-order valence-corrected chi connectivity index (χ4v) is 6.32. The first-order valence-corrected chi connectivity index (χ1v) is 23.9. The Kier molecular flexibility index (Phi) is 69.2. The van der Waals surface area contributed by atoms with Crippen LogP contribution in [0.4, 0.5) is 0 Å². The van der Waals surface area contributed by atoms with Crippen molar-refractivity contribution in [3.63, 3.8) is 0 Å². The molecule has 0 bridgehead atoms. The van der Waals surface area contributed by atoms with Gasteiger partial charge in [-0.1, -0.05) is 233 Å². The number of carbonyl (C=O) groups excluding carboxylic acids is 4. The second-order valence-corrected chi connectivity index (χ2v) is 15.8. The third-order valence-electron chi connectivity index (χ3n) is 9.94. The van der Waals surface area contributed by atoms with Gasteiger partial charge in [0.1, 0.15) is 0 Å². The predicted molar refractivity (Wildman–Crippen MR) is 233 cm³/mol. The summed E-state index contributed by atoms with van der Waals surface area (Å²) < 4.78 is 0. The number of aliphatic carboxylic acids is 4. The first-order valence-electron chi connectivity index (χ1n) is 23.9. The van der Waals surface area contributed by atoms with Gasteiger partial charge in [-0.3, -0.25) is 0 Å². The molecular weight excluding hydrogens is 777 g/mol. The molecule has 0 N–H and O–H groups in total. The molecule has 0 aromatic carbocycles. The van der Waals surface area contributed by atoms with Crippen LogP contribution in [0.25, 0.3) is 0 Å². The largest absolute Gasteiger partial charge is 4.00 e. The van der Waals surface area contributed by atoms with Gasteiger partial charge in [0.25, 0.3) is 0 Å². The van der Waals surface area contributed by atoms with Gasteiger partial charge in [0, 0.05) is 23.9 Å². The molecule has 0 atom stereocenters. The summed E-state index contributed by atoms with van der Waals surface area (Å²) in [5, 5.41) is 40.4. The monoisotopic (exact) mass is 871 g/mol. The number of carbonyl (C=O) groups is 4. The number of hydrogen-bond donors (Lipinski definition) is 0. The van der Waals surface area contributed by atoms with E-state index in [0.29, 0.717) is 0 Å². The van der Waals surface area contributed by atoms with Gasteiger partial charge >= 0.3 is 17.6 Å². The number of carboxylic acid groups (broad SMARTS) is 4. The Morgan fingerprint density at radius 2 is 0.333 bits per heavy atom. The van der Waals surface area contributed by atoms with Crippen LogP contribution in [0.15, 0.2) is 0 Å². The molecule has 0 saturated carbocycles. The van der Waals surface area contributed by atoms with Crippen molar-refractivity contribution in [2.24, 2.45) is 0 Å². The summed E-state index contributed by atoms with van der Waals surface area (Å²) >= 11 is 0. The second kappa shape index (κ2) is 61.1. The zero-order chi connectivity index (χ0) is 42.6. The van der Waals surface area contributed by atoms with Crippen LogP contribution in [0.3, 0.4) is 0 Å². The first-order chi connectivity index (χ1) is 27.1. The number of unbranched alkanes of at least 4 members (excludes halogenated alkanes) is 32. The van der Waals surface area contributed by atoms with Gasteiger partial charge in [-0.2, -0.15) is 0 Å². The van der Waals surface area contributed by atoms with Gasteiger partial charge in [0.15, 0.2) is 0 Å². The van der Waals surface area contributed by atoms with Crippen molar-refractivity contribution in [2.75, 3.05) is 0 Å². The molecule has 9 heteroatoms. The maximum Gasteiger partial charge on any atom is 4.00 e.